The molecule has 2 amide bonds. The number of amides is 2. The van der Waals surface area contributed by atoms with Crippen LogP contribution in [-0.2, 0) is 35.5 Å². The minimum Gasteiger partial charge on any atom is -0.427 e. The zero-order valence-corrected chi connectivity index (χ0v) is 25.2. The molecule has 2 aromatic carbocycles. The number of nitrogens with two attached hydrogens (primary N) is 1. The Kier molecular flexibility index (Phi) is 10.2. The lowest BCUT2D eigenvalue weighted by atomic mass is 9.74. The van der Waals surface area contributed by atoms with Gasteiger partial charge in [-0.25, -0.2) is 4.79 Å². The van der Waals surface area contributed by atoms with E-state index in [2.05, 4.69) is 5.32 Å². The molecule has 12 heteroatoms. The SMILES string of the molecule is CCCC(N)C(=O)OCOC(=O)N1C[C@@]2(CCC(=O)N2)CC[C@@]1(CO[C@H](C)c1cc(C)cc(C(F)(F)F)c1)c1ccccc1. The summed E-state index contributed by atoms with van der Waals surface area (Å²) >= 11 is 0. The summed E-state index contributed by atoms with van der Waals surface area (Å²) in [6.45, 7) is 4.49. The number of piperidine rings is 1. The smallest absolute Gasteiger partial charge is 0.416 e. The molecule has 1 spiro atoms. The fourth-order valence-electron chi connectivity index (χ4n) is 6.04. The number of esters is 1. The summed E-state index contributed by atoms with van der Waals surface area (Å²) in [5.74, 6) is -0.810. The zero-order valence-electron chi connectivity index (χ0n) is 25.2. The van der Waals surface area contributed by atoms with Gasteiger partial charge >= 0.3 is 18.2 Å². The number of hydrogen-bond donors (Lipinski definition) is 2. The number of carbonyl (C=O) groups is 3. The van der Waals surface area contributed by atoms with Gasteiger partial charge < -0.3 is 25.3 Å². The highest BCUT2D eigenvalue weighted by Gasteiger charge is 2.54. The molecular weight excluding hydrogens is 579 g/mol. The summed E-state index contributed by atoms with van der Waals surface area (Å²) in [6, 6.07) is 12.1. The molecule has 9 nitrogen and oxygen atoms in total. The Hall–Kier alpha value is -3.64. The largest absolute Gasteiger partial charge is 0.427 e. The lowest BCUT2D eigenvalue weighted by molar-refractivity contribution is -0.155. The second kappa shape index (κ2) is 13.6. The summed E-state index contributed by atoms with van der Waals surface area (Å²) < 4.78 is 57.5. The number of hydrogen-bond acceptors (Lipinski definition) is 7. The van der Waals surface area contributed by atoms with Gasteiger partial charge in [-0.2, -0.15) is 13.2 Å². The van der Waals surface area contributed by atoms with Gasteiger partial charge in [-0.15, -0.1) is 0 Å². The maximum absolute atomic E-state index is 13.8. The van der Waals surface area contributed by atoms with Crippen LogP contribution in [0.4, 0.5) is 18.0 Å². The Morgan fingerprint density at radius 3 is 2.45 bits per heavy atom. The van der Waals surface area contributed by atoms with E-state index < -0.39 is 53.8 Å². The summed E-state index contributed by atoms with van der Waals surface area (Å²) in [5.41, 5.74) is 4.77. The van der Waals surface area contributed by atoms with Crippen LogP contribution >= 0.6 is 0 Å². The van der Waals surface area contributed by atoms with Crippen molar-refractivity contribution < 1.29 is 41.8 Å². The number of halogens is 3. The molecular formula is C32H40F3N3O6. The standard InChI is InChI=1S/C32H40F3N3O6/c1-4-8-26(36)28(40)43-20-44-29(41)38-18-30(12-11-27(39)37-30)13-14-31(38,24-9-6-5-7-10-24)19-42-22(3)23-15-21(2)16-25(17-23)32(33,34)35/h5-7,9-10,15-17,22,26H,4,8,11-14,18-20,36H2,1-3H3,(H,37,39)/t22-,26?,30-,31-/m1/s1. The van der Waals surface area contributed by atoms with Crippen LogP contribution in [0.1, 0.15) is 80.7 Å². The maximum atomic E-state index is 13.8. The number of ether oxygens (including phenoxy) is 3. The molecule has 1 unspecified atom stereocenters. The van der Waals surface area contributed by atoms with Crippen LogP contribution in [0.3, 0.4) is 0 Å². The average molecular weight is 620 g/mol. The molecule has 2 heterocycles. The Morgan fingerprint density at radius 2 is 1.82 bits per heavy atom. The molecule has 0 saturated carbocycles. The molecule has 2 fully saturated rings. The number of nitrogens with zero attached hydrogens (tertiary/aromatic N) is 1. The first-order valence-corrected chi connectivity index (χ1v) is 14.8. The average Bonchev–Trinajstić information content (AvgIpc) is 3.35. The van der Waals surface area contributed by atoms with Gasteiger partial charge in [0.15, 0.2) is 0 Å². The molecule has 2 aromatic rings. The van der Waals surface area contributed by atoms with Gasteiger partial charge in [-0.05, 0) is 62.8 Å². The van der Waals surface area contributed by atoms with Crippen molar-refractivity contribution in [3.05, 3.63) is 70.8 Å². The lowest BCUT2D eigenvalue weighted by Gasteiger charge is -2.52. The molecule has 44 heavy (non-hydrogen) atoms. The summed E-state index contributed by atoms with van der Waals surface area (Å²) in [4.78, 5) is 39.8. The van der Waals surface area contributed by atoms with Crippen molar-refractivity contribution in [3.8, 4) is 0 Å². The zero-order chi connectivity index (χ0) is 32.1. The third-order valence-electron chi connectivity index (χ3n) is 8.52. The molecule has 3 N–H and O–H groups in total. The topological polar surface area (TPSA) is 120 Å². The van der Waals surface area contributed by atoms with Gasteiger partial charge in [-0.1, -0.05) is 55.3 Å². The molecule has 0 aromatic heterocycles. The summed E-state index contributed by atoms with van der Waals surface area (Å²) in [5, 5.41) is 3.03. The predicted molar refractivity (Wildman–Crippen MR) is 155 cm³/mol. The fraction of sp³-hybridized carbons (Fsp3) is 0.531. The van der Waals surface area contributed by atoms with E-state index >= 15 is 0 Å². The molecule has 0 aliphatic carbocycles. The molecule has 4 atom stereocenters. The fourth-order valence-corrected chi connectivity index (χ4v) is 6.04. The van der Waals surface area contributed by atoms with E-state index in [0.717, 1.165) is 17.7 Å². The molecule has 2 aliphatic heterocycles. The number of benzene rings is 2. The lowest BCUT2D eigenvalue weighted by Crippen LogP contribution is -2.65. The highest BCUT2D eigenvalue weighted by molar-refractivity contribution is 5.80. The van der Waals surface area contributed by atoms with Crippen LogP contribution in [0.25, 0.3) is 0 Å². The van der Waals surface area contributed by atoms with E-state index in [1.165, 1.54) is 4.90 Å². The van der Waals surface area contributed by atoms with Crippen molar-refractivity contribution in [2.45, 2.75) is 88.7 Å². The van der Waals surface area contributed by atoms with E-state index in [0.29, 0.717) is 49.7 Å². The number of aryl methyl sites for hydroxylation is 1. The number of alkyl halides is 3. The van der Waals surface area contributed by atoms with Crippen molar-refractivity contribution in [2.75, 3.05) is 19.9 Å². The van der Waals surface area contributed by atoms with Gasteiger partial charge in [0.1, 0.15) is 6.04 Å². The third-order valence-corrected chi connectivity index (χ3v) is 8.52. The van der Waals surface area contributed by atoms with Gasteiger partial charge in [0.2, 0.25) is 12.7 Å². The van der Waals surface area contributed by atoms with Gasteiger partial charge in [-0.3, -0.25) is 14.5 Å². The maximum Gasteiger partial charge on any atom is 0.416 e. The van der Waals surface area contributed by atoms with Crippen LogP contribution in [0.2, 0.25) is 0 Å². The minimum atomic E-state index is -4.51. The summed E-state index contributed by atoms with van der Waals surface area (Å²) in [7, 11) is 0. The molecule has 0 radical (unpaired) electrons. The number of likely N-dealkylation sites (tertiary alicyclic amines) is 1. The first-order valence-electron chi connectivity index (χ1n) is 14.8. The second-order valence-corrected chi connectivity index (χ2v) is 11.8. The van der Waals surface area contributed by atoms with E-state index in [4.69, 9.17) is 19.9 Å². The van der Waals surface area contributed by atoms with Crippen molar-refractivity contribution >= 4 is 18.0 Å². The van der Waals surface area contributed by atoms with Crippen LogP contribution in [0.15, 0.2) is 48.5 Å². The van der Waals surface area contributed by atoms with Crippen LogP contribution in [-0.4, -0.2) is 54.4 Å². The van der Waals surface area contributed by atoms with E-state index in [1.807, 2.05) is 37.3 Å². The van der Waals surface area contributed by atoms with Crippen LogP contribution in [0, 0.1) is 6.92 Å². The monoisotopic (exact) mass is 619 g/mol. The minimum absolute atomic E-state index is 0.0756. The molecule has 2 saturated heterocycles. The summed E-state index contributed by atoms with van der Waals surface area (Å²) in [6.07, 6.45) is -3.25. The Morgan fingerprint density at radius 1 is 1.09 bits per heavy atom. The first-order chi connectivity index (χ1) is 20.8. The van der Waals surface area contributed by atoms with E-state index in [-0.39, 0.29) is 19.1 Å². The van der Waals surface area contributed by atoms with Crippen molar-refractivity contribution in [3.63, 3.8) is 0 Å². The Bertz CT molecular complexity index is 1340. The van der Waals surface area contributed by atoms with E-state index in [1.54, 1.807) is 19.9 Å². The van der Waals surface area contributed by atoms with Crippen LogP contribution in [0.5, 0.6) is 0 Å². The normalized spacial score (nSPS) is 23.2. The second-order valence-electron chi connectivity index (χ2n) is 11.8. The molecule has 240 valence electrons. The highest BCUT2D eigenvalue weighted by Crippen LogP contribution is 2.45. The Balaban J connectivity index is 1.63. The third kappa shape index (κ3) is 7.52. The van der Waals surface area contributed by atoms with Gasteiger partial charge in [0.25, 0.3) is 0 Å². The molecule has 4 rings (SSSR count). The van der Waals surface area contributed by atoms with Crippen LogP contribution < -0.4 is 11.1 Å². The predicted octanol–water partition coefficient (Wildman–Crippen LogP) is 5.50. The number of nitrogens with one attached hydrogen (secondary N) is 1. The molecule has 0 bridgehead atoms. The van der Waals surface area contributed by atoms with Gasteiger partial charge in [0, 0.05) is 13.0 Å². The molecule has 2 aliphatic rings. The van der Waals surface area contributed by atoms with Crippen molar-refractivity contribution in [1.82, 2.24) is 10.2 Å². The van der Waals surface area contributed by atoms with Crippen molar-refractivity contribution in [2.24, 2.45) is 5.73 Å². The Labute approximate surface area is 255 Å². The van der Waals surface area contributed by atoms with E-state index in [9.17, 15) is 27.6 Å². The first kappa shape index (κ1) is 33.3. The quantitative estimate of drug-likeness (QED) is 0.266. The number of carbonyl (C=O) groups excluding carboxylic acids is 3. The highest BCUT2D eigenvalue weighted by atomic mass is 19.4. The van der Waals surface area contributed by atoms with Gasteiger partial charge in [0.05, 0.1) is 29.4 Å². The number of rotatable bonds is 10. The van der Waals surface area contributed by atoms with Crippen molar-refractivity contribution in [1.29, 1.82) is 0 Å².